The highest BCUT2D eigenvalue weighted by Gasteiger charge is 2.22. The number of benzene rings is 3. The zero-order valence-corrected chi connectivity index (χ0v) is 16.4. The quantitative estimate of drug-likeness (QED) is 0.473. The van der Waals surface area contributed by atoms with Gasteiger partial charge in [0.05, 0.1) is 7.11 Å². The van der Waals surface area contributed by atoms with Gasteiger partial charge < -0.3 is 9.84 Å². The summed E-state index contributed by atoms with van der Waals surface area (Å²) in [5, 5.41) is 11.9. The maximum atomic E-state index is 13.6. The number of ether oxygens (including phenoxy) is 1. The number of hydrogen-bond acceptors (Lipinski definition) is 3. The van der Waals surface area contributed by atoms with Gasteiger partial charge in [-0.3, -0.25) is 4.98 Å². The molecule has 0 amide bonds. The highest BCUT2D eigenvalue weighted by Crippen LogP contribution is 2.39. The molecule has 0 fully saturated rings. The lowest BCUT2D eigenvalue weighted by Gasteiger charge is -2.21. The van der Waals surface area contributed by atoms with Crippen LogP contribution in [0.3, 0.4) is 0 Å². The fourth-order valence-electron chi connectivity index (χ4n) is 3.82. The van der Waals surface area contributed by atoms with Crippen LogP contribution in [0.5, 0.6) is 11.5 Å². The number of halogens is 1. The van der Waals surface area contributed by atoms with Crippen LogP contribution in [0.1, 0.15) is 28.2 Å². The van der Waals surface area contributed by atoms with Crippen LogP contribution >= 0.6 is 0 Å². The third-order valence-corrected chi connectivity index (χ3v) is 5.29. The number of phenolic OH excluding ortho intramolecular Hbond substituents is 1. The summed E-state index contributed by atoms with van der Waals surface area (Å²) in [6.07, 6.45) is 2.27. The first-order chi connectivity index (χ1) is 14.1. The minimum atomic E-state index is -0.287. The number of phenols is 1. The van der Waals surface area contributed by atoms with E-state index in [0.717, 1.165) is 33.4 Å². The van der Waals surface area contributed by atoms with Crippen molar-refractivity contribution in [1.29, 1.82) is 0 Å². The first kappa shape index (κ1) is 18.9. The van der Waals surface area contributed by atoms with Crippen LogP contribution in [0.25, 0.3) is 10.9 Å². The first-order valence-electron chi connectivity index (χ1n) is 9.52. The molecule has 0 radical (unpaired) electrons. The van der Waals surface area contributed by atoms with E-state index in [1.54, 1.807) is 25.4 Å². The topological polar surface area (TPSA) is 42.4 Å². The van der Waals surface area contributed by atoms with Crippen molar-refractivity contribution in [2.24, 2.45) is 0 Å². The van der Waals surface area contributed by atoms with Crippen LogP contribution in [0, 0.1) is 12.7 Å². The molecular weight excluding hydrogens is 365 g/mol. The predicted molar refractivity (Wildman–Crippen MR) is 113 cm³/mol. The number of aryl methyl sites for hydroxylation is 1. The smallest absolute Gasteiger partial charge is 0.145 e. The summed E-state index contributed by atoms with van der Waals surface area (Å²) < 4.78 is 19.1. The van der Waals surface area contributed by atoms with Gasteiger partial charge in [0.2, 0.25) is 0 Å². The number of fused-ring (bicyclic) bond motifs is 1. The average Bonchev–Trinajstić information content (AvgIpc) is 2.74. The van der Waals surface area contributed by atoms with Crippen molar-refractivity contribution in [1.82, 2.24) is 4.98 Å². The largest absolute Gasteiger partial charge is 0.505 e. The van der Waals surface area contributed by atoms with Crippen molar-refractivity contribution in [3.8, 4) is 11.5 Å². The van der Waals surface area contributed by atoms with Crippen LogP contribution in [-0.2, 0) is 6.42 Å². The summed E-state index contributed by atoms with van der Waals surface area (Å²) in [6.45, 7) is 2.03. The van der Waals surface area contributed by atoms with E-state index in [1.807, 2.05) is 43.3 Å². The van der Waals surface area contributed by atoms with Crippen LogP contribution in [-0.4, -0.2) is 17.2 Å². The Balaban J connectivity index is 1.87. The summed E-state index contributed by atoms with van der Waals surface area (Å²) in [6, 6.07) is 20.1. The molecule has 1 N–H and O–H groups in total. The van der Waals surface area contributed by atoms with Gasteiger partial charge in [-0.2, -0.15) is 0 Å². The molecule has 0 saturated heterocycles. The summed E-state index contributed by atoms with van der Waals surface area (Å²) in [4.78, 5) is 4.35. The first-order valence-corrected chi connectivity index (χ1v) is 9.52. The van der Waals surface area contributed by atoms with Crippen molar-refractivity contribution < 1.29 is 14.2 Å². The number of pyridine rings is 1. The molecule has 1 atom stereocenters. The van der Waals surface area contributed by atoms with E-state index in [1.165, 1.54) is 12.1 Å². The number of aromatic hydroxyl groups is 1. The van der Waals surface area contributed by atoms with Crippen molar-refractivity contribution in [3.63, 3.8) is 0 Å². The number of methoxy groups -OCH3 is 1. The van der Waals surface area contributed by atoms with Gasteiger partial charge in [0.1, 0.15) is 22.8 Å². The maximum absolute atomic E-state index is 13.6. The lowest BCUT2D eigenvalue weighted by Crippen LogP contribution is -2.07. The van der Waals surface area contributed by atoms with Gasteiger partial charge in [0, 0.05) is 23.1 Å². The van der Waals surface area contributed by atoms with E-state index in [2.05, 4.69) is 11.1 Å². The third-order valence-electron chi connectivity index (χ3n) is 5.29. The van der Waals surface area contributed by atoms with Crippen LogP contribution in [0.15, 0.2) is 72.9 Å². The van der Waals surface area contributed by atoms with Gasteiger partial charge >= 0.3 is 0 Å². The van der Waals surface area contributed by atoms with Gasteiger partial charge in [-0.15, -0.1) is 0 Å². The normalized spacial score (nSPS) is 12.1. The molecule has 4 heteroatoms. The molecule has 1 heterocycles. The van der Waals surface area contributed by atoms with E-state index in [4.69, 9.17) is 4.74 Å². The van der Waals surface area contributed by atoms with Crippen LogP contribution < -0.4 is 4.74 Å². The van der Waals surface area contributed by atoms with Gasteiger partial charge in [-0.05, 0) is 48.7 Å². The van der Waals surface area contributed by atoms with Crippen molar-refractivity contribution in [2.45, 2.75) is 19.3 Å². The van der Waals surface area contributed by atoms with Crippen molar-refractivity contribution >= 4 is 10.9 Å². The molecule has 1 aromatic heterocycles. The lowest BCUT2D eigenvalue weighted by molar-refractivity contribution is 0.408. The Kier molecular flexibility index (Phi) is 5.17. The second-order valence-corrected chi connectivity index (χ2v) is 7.20. The molecule has 1 unspecified atom stereocenters. The minimum absolute atomic E-state index is 0.157. The van der Waals surface area contributed by atoms with Gasteiger partial charge in [-0.1, -0.05) is 48.0 Å². The maximum Gasteiger partial charge on any atom is 0.145 e. The van der Waals surface area contributed by atoms with E-state index in [0.29, 0.717) is 11.9 Å². The Morgan fingerprint density at radius 2 is 1.83 bits per heavy atom. The fourth-order valence-corrected chi connectivity index (χ4v) is 3.82. The summed E-state index contributed by atoms with van der Waals surface area (Å²) in [5.74, 6) is 0.480. The highest BCUT2D eigenvalue weighted by atomic mass is 19.1. The molecule has 0 aliphatic heterocycles. The zero-order chi connectivity index (χ0) is 20.4. The lowest BCUT2D eigenvalue weighted by atomic mass is 9.84. The molecule has 3 nitrogen and oxygen atoms in total. The molecule has 146 valence electrons. The Labute approximate surface area is 169 Å². The Hall–Kier alpha value is -3.40. The minimum Gasteiger partial charge on any atom is -0.505 e. The Morgan fingerprint density at radius 1 is 1.03 bits per heavy atom. The predicted octanol–water partition coefficient (Wildman–Crippen LogP) is 5.77. The number of nitrogens with zero attached hydrogens (tertiary/aromatic N) is 1. The molecule has 0 aliphatic carbocycles. The van der Waals surface area contributed by atoms with Crippen LogP contribution in [0.2, 0.25) is 0 Å². The molecule has 4 aromatic rings. The standard InChI is InChI=1S/C25H22FNO2/c1-16-5-12-23(29-2)19(14-16)15-22(17-6-9-20(26)10-7-17)21-11-8-18-4-3-13-27-24(18)25(21)28/h3-14,22,28H,15H2,1-2H3. The number of rotatable bonds is 5. The Morgan fingerprint density at radius 3 is 2.59 bits per heavy atom. The SMILES string of the molecule is COc1ccc(C)cc1CC(c1ccc(F)cc1)c1ccc2cccnc2c1O. The van der Waals surface area contributed by atoms with E-state index in [-0.39, 0.29) is 17.5 Å². The van der Waals surface area contributed by atoms with Gasteiger partial charge in [0.15, 0.2) is 0 Å². The van der Waals surface area contributed by atoms with E-state index < -0.39 is 0 Å². The molecule has 0 aliphatic rings. The molecule has 0 spiro atoms. The second-order valence-electron chi connectivity index (χ2n) is 7.20. The third kappa shape index (κ3) is 3.79. The fraction of sp³-hybridized carbons (Fsp3) is 0.160. The van der Waals surface area contributed by atoms with Gasteiger partial charge in [-0.25, -0.2) is 4.39 Å². The summed E-state index contributed by atoms with van der Waals surface area (Å²) in [5.41, 5.74) is 4.39. The zero-order valence-electron chi connectivity index (χ0n) is 16.4. The number of aromatic nitrogens is 1. The molecule has 0 bridgehead atoms. The number of hydrogen-bond donors (Lipinski definition) is 1. The average molecular weight is 387 g/mol. The van der Waals surface area contributed by atoms with E-state index >= 15 is 0 Å². The van der Waals surface area contributed by atoms with Crippen molar-refractivity contribution in [3.05, 3.63) is 101 Å². The second kappa shape index (κ2) is 7.92. The molecule has 3 aromatic carbocycles. The summed E-state index contributed by atoms with van der Waals surface area (Å²) in [7, 11) is 1.65. The van der Waals surface area contributed by atoms with E-state index in [9.17, 15) is 9.50 Å². The van der Waals surface area contributed by atoms with Crippen LogP contribution in [0.4, 0.5) is 4.39 Å². The summed E-state index contributed by atoms with van der Waals surface area (Å²) >= 11 is 0. The van der Waals surface area contributed by atoms with Gasteiger partial charge in [0.25, 0.3) is 0 Å². The highest BCUT2D eigenvalue weighted by molar-refractivity contribution is 5.85. The molecule has 0 saturated carbocycles. The molecule has 29 heavy (non-hydrogen) atoms. The Bertz CT molecular complexity index is 1160. The monoisotopic (exact) mass is 387 g/mol. The molecule has 4 rings (SSSR count). The van der Waals surface area contributed by atoms with Crippen molar-refractivity contribution in [2.75, 3.05) is 7.11 Å². The molecular formula is C25H22FNO2.